The van der Waals surface area contributed by atoms with Crippen molar-refractivity contribution < 1.29 is 23.7 Å². The number of hydrogen-bond donors (Lipinski definition) is 1. The van der Waals surface area contributed by atoms with E-state index in [2.05, 4.69) is 11.1 Å². The molecule has 6 nitrogen and oxygen atoms in total. The molecule has 3 aromatic rings. The van der Waals surface area contributed by atoms with Crippen LogP contribution in [0.3, 0.4) is 0 Å². The number of fused-ring (bicyclic) bond motifs is 2. The molecule has 0 unspecified atom stereocenters. The number of H-pyrrole nitrogens is 1. The van der Waals surface area contributed by atoms with Crippen molar-refractivity contribution in [3.8, 4) is 28.4 Å². The number of aromatic nitrogens is 1. The molecule has 0 fully saturated rings. The number of benzene rings is 2. The molecule has 27 heavy (non-hydrogen) atoms. The molecule has 1 N–H and O–H groups in total. The summed E-state index contributed by atoms with van der Waals surface area (Å²) in [4.78, 5) is 15.8. The SMILES string of the molecule is CCOC(=O)c1[nH]c2cc(OC)c(OC)cc2c1-c1ccc2c(c1)CCO2. The smallest absolute Gasteiger partial charge is 0.355 e. The van der Waals surface area contributed by atoms with E-state index >= 15 is 0 Å². The number of aromatic amines is 1. The molecule has 0 spiro atoms. The Hall–Kier alpha value is -3.15. The van der Waals surface area contributed by atoms with Crippen LogP contribution >= 0.6 is 0 Å². The average molecular weight is 367 g/mol. The van der Waals surface area contributed by atoms with Crippen LogP contribution in [0.15, 0.2) is 30.3 Å². The molecule has 0 saturated carbocycles. The number of methoxy groups -OCH3 is 2. The van der Waals surface area contributed by atoms with Crippen molar-refractivity contribution in [2.75, 3.05) is 27.4 Å². The molecule has 140 valence electrons. The van der Waals surface area contributed by atoms with Crippen molar-refractivity contribution in [2.45, 2.75) is 13.3 Å². The van der Waals surface area contributed by atoms with Gasteiger partial charge < -0.3 is 23.9 Å². The van der Waals surface area contributed by atoms with Gasteiger partial charge in [-0.2, -0.15) is 0 Å². The minimum Gasteiger partial charge on any atom is -0.493 e. The Morgan fingerprint density at radius 1 is 1.15 bits per heavy atom. The van der Waals surface area contributed by atoms with E-state index in [1.807, 2.05) is 24.3 Å². The molecular weight excluding hydrogens is 346 g/mol. The Morgan fingerprint density at radius 3 is 2.67 bits per heavy atom. The summed E-state index contributed by atoms with van der Waals surface area (Å²) in [5, 5.41) is 0.870. The first-order chi connectivity index (χ1) is 13.2. The van der Waals surface area contributed by atoms with Gasteiger partial charge in [0.1, 0.15) is 11.4 Å². The summed E-state index contributed by atoms with van der Waals surface area (Å²) in [7, 11) is 3.18. The number of ether oxygens (including phenoxy) is 4. The van der Waals surface area contributed by atoms with Gasteiger partial charge >= 0.3 is 5.97 Å². The fraction of sp³-hybridized carbons (Fsp3) is 0.286. The van der Waals surface area contributed by atoms with Crippen LogP contribution in [0.2, 0.25) is 0 Å². The van der Waals surface area contributed by atoms with Crippen LogP contribution in [0.1, 0.15) is 23.0 Å². The van der Waals surface area contributed by atoms with Crippen LogP contribution in [0.4, 0.5) is 0 Å². The monoisotopic (exact) mass is 367 g/mol. The summed E-state index contributed by atoms with van der Waals surface area (Å²) in [5.74, 6) is 1.70. The topological polar surface area (TPSA) is 69.8 Å². The Kier molecular flexibility index (Phi) is 4.39. The lowest BCUT2D eigenvalue weighted by molar-refractivity contribution is 0.0521. The molecule has 0 atom stereocenters. The Bertz CT molecular complexity index is 1020. The normalized spacial score (nSPS) is 12.6. The van der Waals surface area contributed by atoms with E-state index in [0.29, 0.717) is 30.4 Å². The van der Waals surface area contributed by atoms with Crippen LogP contribution < -0.4 is 14.2 Å². The van der Waals surface area contributed by atoms with Gasteiger partial charge in [0.05, 0.1) is 33.0 Å². The highest BCUT2D eigenvalue weighted by Crippen LogP contribution is 2.41. The summed E-state index contributed by atoms with van der Waals surface area (Å²) < 4.78 is 21.7. The van der Waals surface area contributed by atoms with Gasteiger partial charge in [0.15, 0.2) is 11.5 Å². The van der Waals surface area contributed by atoms with Crippen molar-refractivity contribution in [1.29, 1.82) is 0 Å². The Balaban J connectivity index is 1.97. The number of carbonyl (C=O) groups excluding carboxylic acids is 1. The summed E-state index contributed by atoms with van der Waals surface area (Å²) in [6, 6.07) is 9.70. The number of rotatable bonds is 5. The summed E-state index contributed by atoms with van der Waals surface area (Å²) in [5.41, 5.74) is 4.06. The van der Waals surface area contributed by atoms with Gasteiger partial charge in [-0.15, -0.1) is 0 Å². The molecule has 0 bridgehead atoms. The van der Waals surface area contributed by atoms with Gasteiger partial charge in [-0.05, 0) is 36.2 Å². The molecule has 0 saturated heterocycles. The number of hydrogen-bond acceptors (Lipinski definition) is 5. The number of nitrogens with one attached hydrogen (secondary N) is 1. The van der Waals surface area contributed by atoms with Crippen LogP contribution in [0.25, 0.3) is 22.0 Å². The Labute approximate surface area is 157 Å². The van der Waals surface area contributed by atoms with Crippen molar-refractivity contribution in [2.24, 2.45) is 0 Å². The molecule has 1 aromatic heterocycles. The highest BCUT2D eigenvalue weighted by atomic mass is 16.5. The van der Waals surface area contributed by atoms with Crippen molar-refractivity contribution >= 4 is 16.9 Å². The first-order valence-corrected chi connectivity index (χ1v) is 8.87. The predicted octanol–water partition coefficient (Wildman–Crippen LogP) is 3.96. The van der Waals surface area contributed by atoms with E-state index in [4.69, 9.17) is 18.9 Å². The van der Waals surface area contributed by atoms with Crippen LogP contribution in [-0.4, -0.2) is 38.4 Å². The zero-order valence-corrected chi connectivity index (χ0v) is 15.5. The third kappa shape index (κ3) is 2.87. The Morgan fingerprint density at radius 2 is 1.93 bits per heavy atom. The molecular formula is C21H21NO5. The standard InChI is InChI=1S/C21H21NO5/c1-4-26-21(23)20-19(13-5-6-16-12(9-13)7-8-27-16)14-10-17(24-2)18(25-3)11-15(14)22-20/h5-6,9-11,22H,4,7-8H2,1-3H3. The van der Waals surface area contributed by atoms with E-state index in [1.165, 1.54) is 0 Å². The molecule has 0 amide bonds. The lowest BCUT2D eigenvalue weighted by atomic mass is 9.98. The quantitative estimate of drug-likeness (QED) is 0.691. The largest absolute Gasteiger partial charge is 0.493 e. The molecule has 1 aliphatic rings. The first kappa shape index (κ1) is 17.3. The molecule has 0 aliphatic carbocycles. The van der Waals surface area contributed by atoms with E-state index < -0.39 is 5.97 Å². The summed E-state index contributed by atoms with van der Waals surface area (Å²) in [6.45, 7) is 2.78. The third-order valence-electron chi connectivity index (χ3n) is 4.76. The van der Waals surface area contributed by atoms with Gasteiger partial charge in [0, 0.05) is 23.4 Å². The van der Waals surface area contributed by atoms with Gasteiger partial charge in [-0.3, -0.25) is 0 Å². The highest BCUT2D eigenvalue weighted by molar-refractivity contribution is 6.08. The predicted molar refractivity (Wildman–Crippen MR) is 102 cm³/mol. The van der Waals surface area contributed by atoms with Gasteiger partial charge in [-0.25, -0.2) is 4.79 Å². The van der Waals surface area contributed by atoms with Gasteiger partial charge in [0.2, 0.25) is 0 Å². The minimum atomic E-state index is -0.390. The van der Waals surface area contributed by atoms with Crippen molar-refractivity contribution in [1.82, 2.24) is 4.98 Å². The average Bonchev–Trinajstić information content (AvgIpc) is 3.30. The third-order valence-corrected chi connectivity index (χ3v) is 4.76. The van der Waals surface area contributed by atoms with Gasteiger partial charge in [0.25, 0.3) is 0 Å². The zero-order valence-electron chi connectivity index (χ0n) is 15.5. The molecule has 4 rings (SSSR count). The maximum Gasteiger partial charge on any atom is 0.355 e. The fourth-order valence-corrected chi connectivity index (χ4v) is 3.52. The molecule has 2 heterocycles. The number of carbonyl (C=O) groups is 1. The lowest BCUT2D eigenvalue weighted by Gasteiger charge is -2.09. The van der Waals surface area contributed by atoms with Gasteiger partial charge in [-0.1, -0.05) is 6.07 Å². The highest BCUT2D eigenvalue weighted by Gasteiger charge is 2.23. The van der Waals surface area contributed by atoms with E-state index in [9.17, 15) is 4.79 Å². The first-order valence-electron chi connectivity index (χ1n) is 8.87. The second-order valence-electron chi connectivity index (χ2n) is 6.27. The molecule has 6 heteroatoms. The summed E-state index contributed by atoms with van der Waals surface area (Å²) in [6.07, 6.45) is 0.859. The van der Waals surface area contributed by atoms with Crippen LogP contribution in [0.5, 0.6) is 17.2 Å². The maximum absolute atomic E-state index is 12.6. The van der Waals surface area contributed by atoms with Crippen molar-refractivity contribution in [3.63, 3.8) is 0 Å². The second-order valence-corrected chi connectivity index (χ2v) is 6.27. The summed E-state index contributed by atoms with van der Waals surface area (Å²) >= 11 is 0. The van der Waals surface area contributed by atoms with Crippen LogP contribution in [-0.2, 0) is 11.2 Å². The molecule has 0 radical (unpaired) electrons. The van der Waals surface area contributed by atoms with Crippen molar-refractivity contribution in [3.05, 3.63) is 41.6 Å². The molecule has 1 aliphatic heterocycles. The second kappa shape index (κ2) is 6.87. The maximum atomic E-state index is 12.6. The minimum absolute atomic E-state index is 0.304. The van der Waals surface area contributed by atoms with E-state index in [-0.39, 0.29) is 0 Å². The number of esters is 1. The molecule has 2 aromatic carbocycles. The lowest BCUT2D eigenvalue weighted by Crippen LogP contribution is -2.06. The van der Waals surface area contributed by atoms with Crippen LogP contribution in [0, 0.1) is 0 Å². The zero-order chi connectivity index (χ0) is 19.0. The van der Waals surface area contributed by atoms with E-state index in [1.54, 1.807) is 21.1 Å². The van der Waals surface area contributed by atoms with E-state index in [0.717, 1.165) is 39.8 Å². The fourth-order valence-electron chi connectivity index (χ4n) is 3.52.